The average Bonchev–Trinajstić information content (AvgIpc) is 3.33. The Morgan fingerprint density at radius 3 is 2.60 bits per heavy atom. The molecule has 0 saturated carbocycles. The summed E-state index contributed by atoms with van der Waals surface area (Å²) in [6.07, 6.45) is 1.66. The van der Waals surface area contributed by atoms with Crippen molar-refractivity contribution in [2.45, 2.75) is 31.2 Å². The molecule has 1 aliphatic heterocycles. The third-order valence-electron chi connectivity index (χ3n) is 5.04. The molecule has 0 unspecified atom stereocenters. The van der Waals surface area contributed by atoms with E-state index < -0.39 is 21.7 Å². The van der Waals surface area contributed by atoms with Gasteiger partial charge in [0.25, 0.3) is 0 Å². The topological polar surface area (TPSA) is 102 Å². The van der Waals surface area contributed by atoms with Gasteiger partial charge in [-0.2, -0.15) is 4.31 Å². The maximum absolute atomic E-state index is 12.7. The van der Waals surface area contributed by atoms with Crippen LogP contribution in [0.15, 0.2) is 55.0 Å². The number of aryl methyl sites for hydroxylation is 1. The Labute approximate surface area is 181 Å². The first-order chi connectivity index (χ1) is 14.3. The van der Waals surface area contributed by atoms with E-state index in [2.05, 4.69) is 21.2 Å². The highest BCUT2D eigenvalue weighted by molar-refractivity contribution is 9.10. The molecule has 1 N–H and O–H groups in total. The number of fused-ring (bicyclic) bond motifs is 1. The summed E-state index contributed by atoms with van der Waals surface area (Å²) in [6.45, 7) is 2.65. The Morgan fingerprint density at radius 1 is 1.17 bits per heavy atom. The van der Waals surface area contributed by atoms with Gasteiger partial charge < -0.3 is 9.73 Å². The van der Waals surface area contributed by atoms with Crippen molar-refractivity contribution in [2.75, 3.05) is 18.4 Å². The highest BCUT2D eigenvalue weighted by Crippen LogP contribution is 2.25. The number of hydrogen-bond donors (Lipinski definition) is 1. The zero-order chi connectivity index (χ0) is 21.5. The lowest BCUT2D eigenvalue weighted by atomic mass is 10.2. The Hall–Kier alpha value is -2.43. The number of oxazole rings is 1. The van der Waals surface area contributed by atoms with Crippen molar-refractivity contribution >= 4 is 48.6 Å². The van der Waals surface area contributed by atoms with Gasteiger partial charge in [-0.05, 0) is 65.5 Å². The summed E-state index contributed by atoms with van der Waals surface area (Å²) in [7, 11) is -3.63. The summed E-state index contributed by atoms with van der Waals surface area (Å²) < 4.78 is 34.0. The SMILES string of the molecule is Cc1ccc(NC(=O)Cn2c(=O)oc3cc(S(=O)(=O)N4CCCC4)ccc32)c(Br)c1. The van der Waals surface area contributed by atoms with E-state index in [1.54, 1.807) is 6.07 Å². The lowest BCUT2D eigenvalue weighted by Gasteiger charge is -2.15. The number of carbonyl (C=O) groups excluding carboxylic acids is 1. The number of hydrogen-bond acceptors (Lipinski definition) is 5. The fourth-order valence-corrected chi connectivity index (χ4v) is 5.61. The van der Waals surface area contributed by atoms with Crippen LogP contribution in [0, 0.1) is 6.92 Å². The standard InChI is InChI=1S/C20H20BrN3O5S/c1-13-4-6-16(15(21)10-13)22-19(25)12-24-17-7-5-14(11-18(17)29-20(24)26)30(27,28)23-8-2-3-9-23/h4-7,10-11H,2-3,8-9,12H2,1H3,(H,22,25). The number of nitrogens with zero attached hydrogens (tertiary/aromatic N) is 2. The van der Waals surface area contributed by atoms with Gasteiger partial charge in [0, 0.05) is 23.6 Å². The van der Waals surface area contributed by atoms with E-state index in [1.807, 2.05) is 19.1 Å². The van der Waals surface area contributed by atoms with E-state index in [0.29, 0.717) is 24.3 Å². The van der Waals surface area contributed by atoms with Crippen LogP contribution in [0.3, 0.4) is 0 Å². The molecule has 2 aromatic carbocycles. The smallest absolute Gasteiger partial charge is 0.408 e. The zero-order valence-electron chi connectivity index (χ0n) is 16.2. The fraction of sp³-hybridized carbons (Fsp3) is 0.300. The highest BCUT2D eigenvalue weighted by atomic mass is 79.9. The van der Waals surface area contributed by atoms with E-state index in [9.17, 15) is 18.0 Å². The van der Waals surface area contributed by atoms with Gasteiger partial charge in [0.05, 0.1) is 16.1 Å². The zero-order valence-corrected chi connectivity index (χ0v) is 18.6. The van der Waals surface area contributed by atoms with Crippen LogP contribution in [0.5, 0.6) is 0 Å². The Bertz CT molecular complexity index is 1290. The third-order valence-corrected chi connectivity index (χ3v) is 7.59. The first-order valence-corrected chi connectivity index (χ1v) is 11.7. The van der Waals surface area contributed by atoms with E-state index in [4.69, 9.17) is 4.42 Å². The Kier molecular flexibility index (Phi) is 5.56. The van der Waals surface area contributed by atoms with Crippen LogP contribution >= 0.6 is 15.9 Å². The van der Waals surface area contributed by atoms with Crippen molar-refractivity contribution in [1.29, 1.82) is 0 Å². The van der Waals surface area contributed by atoms with Gasteiger partial charge in [-0.25, -0.2) is 13.2 Å². The van der Waals surface area contributed by atoms with Gasteiger partial charge >= 0.3 is 5.76 Å². The third kappa shape index (κ3) is 3.94. The molecule has 0 spiro atoms. The second-order valence-electron chi connectivity index (χ2n) is 7.23. The number of anilines is 1. The minimum absolute atomic E-state index is 0.0748. The second kappa shape index (κ2) is 8.01. The first kappa shape index (κ1) is 20.8. The summed E-state index contributed by atoms with van der Waals surface area (Å²) in [5.41, 5.74) is 2.12. The van der Waals surface area contributed by atoms with Crippen LogP contribution in [-0.4, -0.2) is 36.3 Å². The van der Waals surface area contributed by atoms with E-state index in [1.165, 1.54) is 27.1 Å². The molecular weight excluding hydrogens is 474 g/mol. The molecule has 1 aliphatic rings. The van der Waals surface area contributed by atoms with Crippen LogP contribution in [0.4, 0.5) is 5.69 Å². The van der Waals surface area contributed by atoms with Crippen LogP contribution in [0.25, 0.3) is 11.1 Å². The molecule has 1 fully saturated rings. The van der Waals surface area contributed by atoms with Crippen molar-refractivity contribution in [2.24, 2.45) is 0 Å². The molecule has 1 aromatic heterocycles. The van der Waals surface area contributed by atoms with Crippen molar-refractivity contribution in [3.8, 4) is 0 Å². The van der Waals surface area contributed by atoms with Crippen molar-refractivity contribution in [1.82, 2.24) is 8.87 Å². The number of halogens is 1. The summed E-state index contributed by atoms with van der Waals surface area (Å²) in [5, 5.41) is 2.75. The number of benzene rings is 2. The predicted octanol–water partition coefficient (Wildman–Crippen LogP) is 3.09. The Morgan fingerprint density at radius 2 is 1.90 bits per heavy atom. The van der Waals surface area contributed by atoms with Gasteiger partial charge in [-0.15, -0.1) is 0 Å². The molecule has 4 rings (SSSR count). The maximum atomic E-state index is 12.7. The number of nitrogens with one attached hydrogen (secondary N) is 1. The van der Waals surface area contributed by atoms with Gasteiger partial charge in [0.15, 0.2) is 5.58 Å². The molecule has 0 aliphatic carbocycles. The summed E-state index contributed by atoms with van der Waals surface area (Å²) in [5.74, 6) is -1.13. The minimum Gasteiger partial charge on any atom is -0.408 e. The lowest BCUT2D eigenvalue weighted by molar-refractivity contribution is -0.116. The predicted molar refractivity (Wildman–Crippen MR) is 116 cm³/mol. The second-order valence-corrected chi connectivity index (χ2v) is 10.0. The average molecular weight is 494 g/mol. The number of carbonyl (C=O) groups is 1. The Balaban J connectivity index is 1.60. The molecular formula is C20H20BrN3O5S. The van der Waals surface area contributed by atoms with Gasteiger partial charge in [-0.1, -0.05) is 6.07 Å². The fourth-order valence-electron chi connectivity index (χ4n) is 3.49. The molecule has 1 saturated heterocycles. The van der Waals surface area contributed by atoms with Crippen molar-refractivity contribution < 1.29 is 17.6 Å². The molecule has 2 heterocycles. The highest BCUT2D eigenvalue weighted by Gasteiger charge is 2.28. The van der Waals surface area contributed by atoms with Gasteiger partial charge in [0.2, 0.25) is 15.9 Å². The molecule has 158 valence electrons. The molecule has 3 aromatic rings. The largest absolute Gasteiger partial charge is 0.420 e. The van der Waals surface area contributed by atoms with Gasteiger partial charge in [0.1, 0.15) is 6.54 Å². The first-order valence-electron chi connectivity index (χ1n) is 9.45. The van der Waals surface area contributed by atoms with E-state index in [-0.39, 0.29) is 17.0 Å². The maximum Gasteiger partial charge on any atom is 0.420 e. The molecule has 8 nitrogen and oxygen atoms in total. The van der Waals surface area contributed by atoms with Crippen LogP contribution in [0.2, 0.25) is 0 Å². The van der Waals surface area contributed by atoms with Gasteiger partial charge in [-0.3, -0.25) is 9.36 Å². The van der Waals surface area contributed by atoms with Crippen LogP contribution < -0.4 is 11.1 Å². The number of rotatable bonds is 5. The molecule has 10 heteroatoms. The molecule has 1 amide bonds. The van der Waals surface area contributed by atoms with E-state index >= 15 is 0 Å². The van der Waals surface area contributed by atoms with Crippen molar-refractivity contribution in [3.63, 3.8) is 0 Å². The number of amides is 1. The summed E-state index contributed by atoms with van der Waals surface area (Å²) >= 11 is 3.40. The summed E-state index contributed by atoms with van der Waals surface area (Å²) in [6, 6.07) is 9.78. The molecule has 0 atom stereocenters. The molecule has 30 heavy (non-hydrogen) atoms. The number of aromatic nitrogens is 1. The van der Waals surface area contributed by atoms with Crippen molar-refractivity contribution in [3.05, 3.63) is 57.0 Å². The molecule has 0 radical (unpaired) electrons. The molecule has 0 bridgehead atoms. The van der Waals surface area contributed by atoms with E-state index in [0.717, 1.165) is 22.9 Å². The quantitative estimate of drug-likeness (QED) is 0.588. The minimum atomic E-state index is -3.63. The summed E-state index contributed by atoms with van der Waals surface area (Å²) in [4.78, 5) is 24.9. The monoisotopic (exact) mass is 493 g/mol. The number of sulfonamides is 1. The van der Waals surface area contributed by atoms with Crippen LogP contribution in [0.1, 0.15) is 18.4 Å². The lowest BCUT2D eigenvalue weighted by Crippen LogP contribution is -2.27. The normalized spacial score (nSPS) is 15.0. The van der Waals surface area contributed by atoms with Crippen LogP contribution in [-0.2, 0) is 21.4 Å².